The van der Waals surface area contributed by atoms with Crippen molar-refractivity contribution in [1.29, 1.82) is 0 Å². The van der Waals surface area contributed by atoms with Crippen molar-refractivity contribution in [2.24, 2.45) is 0 Å². The molecular formula is C10H11NOS. The van der Waals surface area contributed by atoms with Gasteiger partial charge in [-0.15, -0.1) is 11.8 Å². The number of rotatable bonds is 3. The Morgan fingerprint density at radius 1 is 1.38 bits per heavy atom. The summed E-state index contributed by atoms with van der Waals surface area (Å²) in [6, 6.07) is 8.10. The molecule has 0 atom stereocenters. The van der Waals surface area contributed by atoms with Crippen molar-refractivity contribution in [1.82, 2.24) is 4.98 Å². The van der Waals surface area contributed by atoms with E-state index in [0.29, 0.717) is 5.94 Å². The summed E-state index contributed by atoms with van der Waals surface area (Å²) >= 11 is 1.67. The fourth-order valence-electron chi connectivity index (χ4n) is 1.25. The van der Waals surface area contributed by atoms with Gasteiger partial charge in [0.25, 0.3) is 0 Å². The third-order valence-corrected chi connectivity index (χ3v) is 2.22. The molecule has 1 aromatic carbocycles. The summed E-state index contributed by atoms with van der Waals surface area (Å²) in [5.74, 6) is 1.64. The van der Waals surface area contributed by atoms with Gasteiger partial charge in [0.2, 0.25) is 0 Å². The second-order valence-electron chi connectivity index (χ2n) is 2.78. The van der Waals surface area contributed by atoms with Crippen molar-refractivity contribution >= 4 is 22.7 Å². The van der Waals surface area contributed by atoms with Crippen LogP contribution >= 0.6 is 11.8 Å². The second-order valence-corrected chi connectivity index (χ2v) is 3.59. The molecule has 2 aromatic rings. The molecule has 3 heteroatoms. The molecule has 1 aromatic heterocycles. The lowest BCUT2D eigenvalue weighted by molar-refractivity contribution is 0.394. The minimum Gasteiger partial charge on any atom is -0.483 e. The molecule has 0 saturated heterocycles. The number of hydrogen-bond donors (Lipinski definition) is 1. The number of benzene rings is 1. The van der Waals surface area contributed by atoms with E-state index < -0.39 is 0 Å². The Morgan fingerprint density at radius 2 is 2.31 bits per heavy atom. The Bertz CT molecular complexity index is 396. The van der Waals surface area contributed by atoms with Crippen LogP contribution < -0.4 is 4.74 Å². The summed E-state index contributed by atoms with van der Waals surface area (Å²) in [6.45, 7) is 0. The van der Waals surface area contributed by atoms with E-state index >= 15 is 0 Å². The first-order chi connectivity index (χ1) is 6.40. The van der Waals surface area contributed by atoms with E-state index in [1.165, 1.54) is 5.39 Å². The van der Waals surface area contributed by atoms with Gasteiger partial charge in [-0.25, -0.2) is 0 Å². The first-order valence-corrected chi connectivity index (χ1v) is 5.48. The minimum atomic E-state index is 0.704. The number of thioether (sulfide) groups is 1. The zero-order valence-corrected chi connectivity index (χ0v) is 8.23. The monoisotopic (exact) mass is 193 g/mol. The van der Waals surface area contributed by atoms with Crippen molar-refractivity contribution in [2.45, 2.75) is 0 Å². The van der Waals surface area contributed by atoms with Gasteiger partial charge < -0.3 is 9.72 Å². The number of nitrogens with one attached hydrogen (secondary N) is 1. The lowest BCUT2D eigenvalue weighted by atomic mass is 10.2. The zero-order valence-electron chi connectivity index (χ0n) is 7.41. The molecule has 13 heavy (non-hydrogen) atoms. The van der Waals surface area contributed by atoms with Gasteiger partial charge in [-0.1, -0.05) is 0 Å². The van der Waals surface area contributed by atoms with E-state index in [0.717, 1.165) is 11.3 Å². The summed E-state index contributed by atoms with van der Waals surface area (Å²) in [5.41, 5.74) is 1.15. The standard InChI is InChI=1S/C10H11NOS/c1-13-7-12-9-2-3-10-8(6-9)4-5-11-10/h2-6,11H,7H2,1H3. The van der Waals surface area contributed by atoms with Gasteiger partial charge in [0.15, 0.2) is 0 Å². The van der Waals surface area contributed by atoms with Crippen LogP contribution in [0.2, 0.25) is 0 Å². The molecule has 0 saturated carbocycles. The van der Waals surface area contributed by atoms with Gasteiger partial charge in [-0.2, -0.15) is 0 Å². The largest absolute Gasteiger partial charge is 0.483 e. The van der Waals surface area contributed by atoms with Gasteiger partial charge in [-0.05, 0) is 30.5 Å². The molecule has 1 heterocycles. The molecule has 0 aliphatic carbocycles. The number of aromatic nitrogens is 1. The van der Waals surface area contributed by atoms with Crippen LogP contribution in [0, 0.1) is 0 Å². The second kappa shape index (κ2) is 3.75. The van der Waals surface area contributed by atoms with Gasteiger partial charge in [0, 0.05) is 17.1 Å². The topological polar surface area (TPSA) is 25.0 Å². The number of H-pyrrole nitrogens is 1. The molecule has 0 unspecified atom stereocenters. The van der Waals surface area contributed by atoms with Crippen LogP contribution in [0.25, 0.3) is 10.9 Å². The highest BCUT2D eigenvalue weighted by molar-refractivity contribution is 7.98. The maximum absolute atomic E-state index is 5.48. The quantitative estimate of drug-likeness (QED) is 0.758. The van der Waals surface area contributed by atoms with Crippen LogP contribution in [0.5, 0.6) is 5.75 Å². The molecule has 2 rings (SSSR count). The average Bonchev–Trinajstić information content (AvgIpc) is 2.61. The number of hydrogen-bond acceptors (Lipinski definition) is 2. The van der Waals surface area contributed by atoms with Crippen LogP contribution in [-0.4, -0.2) is 17.2 Å². The Labute approximate surface area is 81.3 Å². The Morgan fingerprint density at radius 3 is 3.15 bits per heavy atom. The molecule has 0 bridgehead atoms. The molecule has 68 valence electrons. The smallest absolute Gasteiger partial charge is 0.133 e. The first-order valence-electron chi connectivity index (χ1n) is 4.09. The fourth-order valence-corrected chi connectivity index (χ4v) is 1.50. The predicted molar refractivity (Wildman–Crippen MR) is 57.3 cm³/mol. The summed E-state index contributed by atoms with van der Waals surface area (Å²) in [7, 11) is 0. The third-order valence-electron chi connectivity index (χ3n) is 1.87. The van der Waals surface area contributed by atoms with E-state index in [1.807, 2.05) is 36.7 Å². The highest BCUT2D eigenvalue weighted by Crippen LogP contribution is 2.20. The summed E-state index contributed by atoms with van der Waals surface area (Å²) in [5, 5.41) is 1.19. The predicted octanol–water partition coefficient (Wildman–Crippen LogP) is 2.87. The SMILES string of the molecule is CSCOc1ccc2[nH]ccc2c1. The molecule has 0 spiro atoms. The molecule has 2 nitrogen and oxygen atoms in total. The average molecular weight is 193 g/mol. The molecule has 0 amide bonds. The lowest BCUT2D eigenvalue weighted by Crippen LogP contribution is -1.90. The van der Waals surface area contributed by atoms with Crippen LogP contribution in [0.15, 0.2) is 30.5 Å². The Balaban J connectivity index is 2.26. The normalized spacial score (nSPS) is 10.5. The van der Waals surface area contributed by atoms with Gasteiger partial charge >= 0.3 is 0 Å². The fraction of sp³-hybridized carbons (Fsp3) is 0.200. The summed E-state index contributed by atoms with van der Waals surface area (Å²) in [6.07, 6.45) is 3.96. The molecule has 0 aliphatic rings. The van der Waals surface area contributed by atoms with E-state index in [1.54, 1.807) is 11.8 Å². The van der Waals surface area contributed by atoms with Crippen molar-refractivity contribution in [2.75, 3.05) is 12.2 Å². The Kier molecular flexibility index (Phi) is 2.45. The molecule has 0 fully saturated rings. The van der Waals surface area contributed by atoms with Crippen LogP contribution in [0.4, 0.5) is 0 Å². The molecule has 0 aliphatic heterocycles. The molecular weight excluding hydrogens is 182 g/mol. The maximum Gasteiger partial charge on any atom is 0.133 e. The van der Waals surface area contributed by atoms with Crippen LogP contribution in [0.1, 0.15) is 0 Å². The third kappa shape index (κ3) is 1.80. The van der Waals surface area contributed by atoms with Crippen molar-refractivity contribution in [3.05, 3.63) is 30.5 Å². The lowest BCUT2D eigenvalue weighted by Gasteiger charge is -2.03. The van der Waals surface area contributed by atoms with Gasteiger partial charge in [0.05, 0.1) is 0 Å². The van der Waals surface area contributed by atoms with E-state index in [-0.39, 0.29) is 0 Å². The number of aromatic amines is 1. The Hall–Kier alpha value is -1.09. The van der Waals surface area contributed by atoms with E-state index in [9.17, 15) is 0 Å². The van der Waals surface area contributed by atoms with Crippen molar-refractivity contribution in [3.63, 3.8) is 0 Å². The summed E-state index contributed by atoms with van der Waals surface area (Å²) in [4.78, 5) is 3.14. The van der Waals surface area contributed by atoms with Crippen LogP contribution in [0.3, 0.4) is 0 Å². The van der Waals surface area contributed by atoms with Crippen LogP contribution in [-0.2, 0) is 0 Å². The number of ether oxygens (including phenoxy) is 1. The highest BCUT2D eigenvalue weighted by Gasteiger charge is 1.96. The molecule has 1 N–H and O–H groups in total. The van der Waals surface area contributed by atoms with Crippen molar-refractivity contribution < 1.29 is 4.74 Å². The highest BCUT2D eigenvalue weighted by atomic mass is 32.2. The maximum atomic E-state index is 5.48. The molecule has 0 radical (unpaired) electrons. The summed E-state index contributed by atoms with van der Waals surface area (Å²) < 4.78 is 5.48. The van der Waals surface area contributed by atoms with Gasteiger partial charge in [0.1, 0.15) is 11.7 Å². The van der Waals surface area contributed by atoms with E-state index in [2.05, 4.69) is 4.98 Å². The van der Waals surface area contributed by atoms with Crippen molar-refractivity contribution in [3.8, 4) is 5.75 Å². The number of fused-ring (bicyclic) bond motifs is 1. The minimum absolute atomic E-state index is 0.704. The first kappa shape index (κ1) is 8.51. The zero-order chi connectivity index (χ0) is 9.10. The van der Waals surface area contributed by atoms with E-state index in [4.69, 9.17) is 4.74 Å². The van der Waals surface area contributed by atoms with Gasteiger partial charge in [-0.3, -0.25) is 0 Å².